The minimum absolute atomic E-state index is 0.0454. The largest absolute Gasteiger partial charge is 0.494 e. The van der Waals surface area contributed by atoms with Crippen LogP contribution in [0.4, 0.5) is 5.13 Å². The molecule has 2 heterocycles. The van der Waals surface area contributed by atoms with E-state index in [0.717, 1.165) is 51.7 Å². The van der Waals surface area contributed by atoms with Gasteiger partial charge in [0.05, 0.1) is 35.9 Å². The van der Waals surface area contributed by atoms with Crippen molar-refractivity contribution in [2.24, 2.45) is 0 Å². The molecule has 1 aliphatic heterocycles. The fourth-order valence-electron chi connectivity index (χ4n) is 3.78. The first-order valence-corrected chi connectivity index (χ1v) is 11.4. The number of hydrogen-bond donors (Lipinski definition) is 0. The van der Waals surface area contributed by atoms with Gasteiger partial charge in [0, 0.05) is 6.61 Å². The van der Waals surface area contributed by atoms with Gasteiger partial charge < -0.3 is 9.47 Å². The summed E-state index contributed by atoms with van der Waals surface area (Å²) in [5.74, 6) is 0.867. The van der Waals surface area contributed by atoms with Crippen LogP contribution in [0.15, 0.2) is 36.4 Å². The number of benzene rings is 2. The molecule has 0 N–H and O–H groups in total. The molecule has 0 bridgehead atoms. The molecule has 0 spiro atoms. The average molecular weight is 425 g/mol. The Morgan fingerprint density at radius 3 is 2.63 bits per heavy atom. The average Bonchev–Trinajstić information content (AvgIpc) is 3.41. The molecule has 1 saturated heterocycles. The molecule has 1 aromatic heterocycles. The number of carbonyl (C=O) groups excluding carboxylic acids is 1. The Morgan fingerprint density at radius 1 is 1.20 bits per heavy atom. The number of aryl methyl sites for hydroxylation is 2. The highest BCUT2D eigenvalue weighted by molar-refractivity contribution is 7.22. The van der Waals surface area contributed by atoms with Gasteiger partial charge in [0.2, 0.25) is 5.91 Å². The number of thiazole rings is 1. The van der Waals surface area contributed by atoms with E-state index in [9.17, 15) is 4.79 Å². The van der Waals surface area contributed by atoms with Crippen LogP contribution in [-0.2, 0) is 16.0 Å². The number of anilines is 1. The summed E-state index contributed by atoms with van der Waals surface area (Å²) in [5, 5.41) is 0.758. The highest BCUT2D eigenvalue weighted by Gasteiger charge is 2.26. The Kier molecular flexibility index (Phi) is 6.35. The van der Waals surface area contributed by atoms with Gasteiger partial charge in [-0.15, -0.1) is 0 Å². The maximum atomic E-state index is 13.4. The van der Waals surface area contributed by atoms with Gasteiger partial charge in [0.25, 0.3) is 0 Å². The number of fused-ring (bicyclic) bond motifs is 1. The second kappa shape index (κ2) is 9.14. The normalized spacial score (nSPS) is 16.2. The number of amides is 1. The third kappa shape index (κ3) is 4.50. The topological polar surface area (TPSA) is 51.7 Å². The van der Waals surface area contributed by atoms with Gasteiger partial charge in [0.15, 0.2) is 5.13 Å². The monoisotopic (exact) mass is 424 g/mol. The number of hydrogen-bond acceptors (Lipinski definition) is 5. The van der Waals surface area contributed by atoms with Crippen LogP contribution in [0.2, 0.25) is 0 Å². The van der Waals surface area contributed by atoms with Crippen LogP contribution < -0.4 is 9.64 Å². The molecule has 30 heavy (non-hydrogen) atoms. The Bertz CT molecular complexity index is 984. The molecule has 1 aliphatic rings. The SMILES string of the molecule is CCOc1ccc(CC(=O)N(CC2CCCO2)c2nc3c(C)ccc(C)c3s2)cc1. The summed E-state index contributed by atoms with van der Waals surface area (Å²) in [5.41, 5.74) is 4.28. The van der Waals surface area contributed by atoms with Gasteiger partial charge in [-0.05, 0) is 62.4 Å². The van der Waals surface area contributed by atoms with Crippen molar-refractivity contribution in [3.8, 4) is 5.75 Å². The fraction of sp³-hybridized carbons (Fsp3) is 0.417. The molecule has 1 amide bonds. The maximum Gasteiger partial charge on any atom is 0.233 e. The second-order valence-corrected chi connectivity index (χ2v) is 8.74. The number of aromatic nitrogens is 1. The quantitative estimate of drug-likeness (QED) is 0.532. The van der Waals surface area contributed by atoms with Gasteiger partial charge >= 0.3 is 0 Å². The molecular weight excluding hydrogens is 396 g/mol. The first-order valence-electron chi connectivity index (χ1n) is 10.6. The van der Waals surface area contributed by atoms with Crippen LogP contribution in [0.3, 0.4) is 0 Å². The molecule has 0 aliphatic carbocycles. The summed E-state index contributed by atoms with van der Waals surface area (Å²) >= 11 is 1.60. The van der Waals surface area contributed by atoms with E-state index in [1.165, 1.54) is 5.56 Å². The van der Waals surface area contributed by atoms with E-state index >= 15 is 0 Å². The Hall–Kier alpha value is -2.44. The van der Waals surface area contributed by atoms with Gasteiger partial charge in [-0.25, -0.2) is 4.98 Å². The van der Waals surface area contributed by atoms with E-state index in [4.69, 9.17) is 14.5 Å². The van der Waals surface area contributed by atoms with Crippen molar-refractivity contribution in [2.75, 3.05) is 24.7 Å². The third-order valence-corrected chi connectivity index (χ3v) is 6.68. The molecule has 0 radical (unpaired) electrons. The lowest BCUT2D eigenvalue weighted by Crippen LogP contribution is -2.38. The van der Waals surface area contributed by atoms with Gasteiger partial charge in [-0.3, -0.25) is 9.69 Å². The summed E-state index contributed by atoms with van der Waals surface area (Å²) in [4.78, 5) is 20.1. The Labute approximate surface area is 181 Å². The van der Waals surface area contributed by atoms with Gasteiger partial charge in [0.1, 0.15) is 5.75 Å². The lowest BCUT2D eigenvalue weighted by molar-refractivity contribution is -0.118. The zero-order valence-electron chi connectivity index (χ0n) is 17.8. The number of rotatable bonds is 7. The van der Waals surface area contributed by atoms with Crippen LogP contribution >= 0.6 is 11.3 Å². The summed E-state index contributed by atoms with van der Waals surface area (Å²) in [7, 11) is 0. The zero-order chi connectivity index (χ0) is 21.1. The van der Waals surface area contributed by atoms with Crippen molar-refractivity contribution in [1.82, 2.24) is 4.98 Å². The molecule has 4 rings (SSSR count). The zero-order valence-corrected chi connectivity index (χ0v) is 18.6. The summed E-state index contributed by atoms with van der Waals surface area (Å²) < 4.78 is 12.5. The van der Waals surface area contributed by atoms with Gasteiger partial charge in [-0.2, -0.15) is 0 Å². The molecule has 1 fully saturated rings. The molecule has 1 atom stereocenters. The molecule has 158 valence electrons. The van der Waals surface area contributed by atoms with Crippen molar-refractivity contribution in [3.05, 3.63) is 53.1 Å². The van der Waals surface area contributed by atoms with Crippen LogP contribution in [-0.4, -0.2) is 36.8 Å². The van der Waals surface area contributed by atoms with Crippen LogP contribution in [0, 0.1) is 13.8 Å². The van der Waals surface area contributed by atoms with Crippen molar-refractivity contribution in [3.63, 3.8) is 0 Å². The first-order chi connectivity index (χ1) is 14.5. The first kappa shape index (κ1) is 20.8. The smallest absolute Gasteiger partial charge is 0.233 e. The lowest BCUT2D eigenvalue weighted by atomic mass is 10.1. The summed E-state index contributed by atoms with van der Waals surface area (Å²) in [6.45, 7) is 8.07. The number of ether oxygens (including phenoxy) is 2. The lowest BCUT2D eigenvalue weighted by Gasteiger charge is -2.23. The maximum absolute atomic E-state index is 13.4. The van der Waals surface area contributed by atoms with E-state index in [2.05, 4.69) is 26.0 Å². The summed E-state index contributed by atoms with van der Waals surface area (Å²) in [6.07, 6.45) is 2.43. The van der Waals surface area contributed by atoms with Crippen LogP contribution in [0.5, 0.6) is 5.75 Å². The number of nitrogens with zero attached hydrogens (tertiary/aromatic N) is 2. The fourth-order valence-corrected chi connectivity index (χ4v) is 4.92. The Morgan fingerprint density at radius 2 is 1.97 bits per heavy atom. The van der Waals surface area contributed by atoms with E-state index in [1.54, 1.807) is 11.3 Å². The predicted octanol–water partition coefficient (Wildman–Crippen LogP) is 5.07. The van der Waals surface area contributed by atoms with Crippen LogP contribution in [0.25, 0.3) is 10.2 Å². The highest BCUT2D eigenvalue weighted by Crippen LogP contribution is 2.34. The molecule has 1 unspecified atom stereocenters. The predicted molar refractivity (Wildman–Crippen MR) is 122 cm³/mol. The minimum atomic E-state index is 0.0454. The molecular formula is C24H28N2O3S. The minimum Gasteiger partial charge on any atom is -0.494 e. The molecule has 3 aromatic rings. The number of carbonyl (C=O) groups is 1. The van der Waals surface area contributed by atoms with E-state index in [0.29, 0.717) is 19.6 Å². The molecule has 0 saturated carbocycles. The second-order valence-electron chi connectivity index (χ2n) is 7.77. The van der Waals surface area contributed by atoms with Crippen molar-refractivity contribution in [1.29, 1.82) is 0 Å². The van der Waals surface area contributed by atoms with Crippen molar-refractivity contribution >= 4 is 32.6 Å². The summed E-state index contributed by atoms with van der Waals surface area (Å²) in [6, 6.07) is 12.0. The molecule has 2 aromatic carbocycles. The molecule has 5 nitrogen and oxygen atoms in total. The Balaban J connectivity index is 1.61. The molecule has 6 heteroatoms. The van der Waals surface area contributed by atoms with E-state index < -0.39 is 0 Å². The van der Waals surface area contributed by atoms with Crippen molar-refractivity contribution in [2.45, 2.75) is 46.1 Å². The van der Waals surface area contributed by atoms with E-state index in [-0.39, 0.29) is 12.0 Å². The highest BCUT2D eigenvalue weighted by atomic mass is 32.1. The van der Waals surface area contributed by atoms with E-state index in [1.807, 2.05) is 36.1 Å². The third-order valence-electron chi connectivity index (χ3n) is 5.46. The standard InChI is InChI=1S/C24H28N2O3S/c1-4-28-19-11-9-18(10-12-19)14-21(27)26(15-20-6-5-13-29-20)24-25-22-16(2)7-8-17(3)23(22)30-24/h7-12,20H,4-6,13-15H2,1-3H3. The van der Waals surface area contributed by atoms with Crippen LogP contribution in [0.1, 0.15) is 36.5 Å². The van der Waals surface area contributed by atoms with Gasteiger partial charge in [-0.1, -0.05) is 35.6 Å². The van der Waals surface area contributed by atoms with Crippen molar-refractivity contribution < 1.29 is 14.3 Å².